The van der Waals surface area contributed by atoms with Crippen molar-refractivity contribution in [1.29, 1.82) is 0 Å². The van der Waals surface area contributed by atoms with Crippen molar-refractivity contribution in [2.75, 3.05) is 19.0 Å². The number of methoxy groups -OCH3 is 1. The topological polar surface area (TPSA) is 59.6 Å². The fourth-order valence-corrected chi connectivity index (χ4v) is 2.69. The van der Waals surface area contributed by atoms with Gasteiger partial charge in [0.15, 0.2) is 5.11 Å². The van der Waals surface area contributed by atoms with E-state index >= 15 is 0 Å². The molecule has 2 rings (SSSR count). The molecule has 2 aromatic carbocycles. The molecule has 0 radical (unpaired) electrons. The Morgan fingerprint density at radius 3 is 2.52 bits per heavy atom. The Morgan fingerprint density at radius 2 is 1.92 bits per heavy atom. The Morgan fingerprint density at radius 1 is 1.20 bits per heavy atom. The second-order valence-electron chi connectivity index (χ2n) is 5.13. The molecule has 0 aliphatic heterocycles. The predicted octanol–water partition coefficient (Wildman–Crippen LogP) is 4.37. The Kier molecular flexibility index (Phi) is 7.21. The summed E-state index contributed by atoms with van der Waals surface area (Å²) in [7, 11) is 1.60. The molecular formula is C18H19BrN2O3S. The van der Waals surface area contributed by atoms with Crippen molar-refractivity contribution < 1.29 is 14.3 Å². The lowest BCUT2D eigenvalue weighted by Gasteiger charge is -2.11. The van der Waals surface area contributed by atoms with Crippen molar-refractivity contribution in [3.8, 4) is 11.5 Å². The molecule has 0 saturated heterocycles. The summed E-state index contributed by atoms with van der Waals surface area (Å²) in [5.74, 6) is 1.15. The SMILES string of the molecule is CCCOc1ccc(C(=O)NC(=S)Nc2ccc(OC)cc2)cc1Br. The van der Waals surface area contributed by atoms with Crippen molar-refractivity contribution in [1.82, 2.24) is 5.32 Å². The Labute approximate surface area is 160 Å². The van der Waals surface area contributed by atoms with Crippen LogP contribution in [0, 0.1) is 0 Å². The summed E-state index contributed by atoms with van der Waals surface area (Å²) in [5, 5.41) is 5.83. The number of carbonyl (C=O) groups is 1. The van der Waals surface area contributed by atoms with Crippen molar-refractivity contribution in [3.63, 3.8) is 0 Å². The van der Waals surface area contributed by atoms with Gasteiger partial charge in [-0.2, -0.15) is 0 Å². The van der Waals surface area contributed by atoms with E-state index in [1.807, 2.05) is 19.1 Å². The monoisotopic (exact) mass is 422 g/mol. The maximum Gasteiger partial charge on any atom is 0.257 e. The Hall–Kier alpha value is -2.12. The average molecular weight is 423 g/mol. The van der Waals surface area contributed by atoms with Gasteiger partial charge in [0.25, 0.3) is 5.91 Å². The van der Waals surface area contributed by atoms with Gasteiger partial charge in [0.1, 0.15) is 11.5 Å². The number of carbonyl (C=O) groups excluding carboxylic acids is 1. The van der Waals surface area contributed by atoms with Gasteiger partial charge in [-0.05, 0) is 77.0 Å². The van der Waals surface area contributed by atoms with Crippen LogP contribution in [0.1, 0.15) is 23.7 Å². The first-order valence-electron chi connectivity index (χ1n) is 7.72. The zero-order chi connectivity index (χ0) is 18.2. The van der Waals surface area contributed by atoms with Gasteiger partial charge in [-0.1, -0.05) is 6.92 Å². The first-order valence-corrected chi connectivity index (χ1v) is 8.92. The van der Waals surface area contributed by atoms with E-state index in [0.29, 0.717) is 17.9 Å². The highest BCUT2D eigenvalue weighted by atomic mass is 79.9. The number of ether oxygens (including phenoxy) is 2. The maximum atomic E-state index is 12.3. The van der Waals surface area contributed by atoms with E-state index < -0.39 is 0 Å². The molecule has 1 amide bonds. The van der Waals surface area contributed by atoms with Gasteiger partial charge >= 0.3 is 0 Å². The van der Waals surface area contributed by atoms with Crippen molar-refractivity contribution in [2.45, 2.75) is 13.3 Å². The summed E-state index contributed by atoms with van der Waals surface area (Å²) in [6.45, 7) is 2.66. The molecule has 0 heterocycles. The largest absolute Gasteiger partial charge is 0.497 e. The summed E-state index contributed by atoms with van der Waals surface area (Å²) < 4.78 is 11.4. The molecule has 0 fully saturated rings. The van der Waals surface area contributed by atoms with Gasteiger partial charge in [0.2, 0.25) is 0 Å². The molecule has 5 nitrogen and oxygen atoms in total. The van der Waals surface area contributed by atoms with Crippen LogP contribution in [-0.4, -0.2) is 24.7 Å². The van der Waals surface area contributed by atoms with Crippen molar-refractivity contribution in [2.24, 2.45) is 0 Å². The summed E-state index contributed by atoms with van der Waals surface area (Å²) >= 11 is 8.59. The average Bonchev–Trinajstić information content (AvgIpc) is 2.61. The predicted molar refractivity (Wildman–Crippen MR) is 107 cm³/mol. The number of hydrogen-bond donors (Lipinski definition) is 2. The van der Waals surface area contributed by atoms with Crippen LogP contribution >= 0.6 is 28.1 Å². The van der Waals surface area contributed by atoms with Crippen LogP contribution in [0.25, 0.3) is 0 Å². The highest BCUT2D eigenvalue weighted by molar-refractivity contribution is 9.10. The van der Waals surface area contributed by atoms with Gasteiger partial charge in [0, 0.05) is 11.3 Å². The number of hydrogen-bond acceptors (Lipinski definition) is 4. The fraction of sp³-hybridized carbons (Fsp3) is 0.222. The molecule has 0 aliphatic carbocycles. The lowest BCUT2D eigenvalue weighted by molar-refractivity contribution is 0.0977. The first kappa shape index (κ1) is 19.2. The number of anilines is 1. The third kappa shape index (κ3) is 5.72. The first-order chi connectivity index (χ1) is 12.0. The second-order valence-corrected chi connectivity index (χ2v) is 6.39. The molecule has 0 aliphatic rings. The van der Waals surface area contributed by atoms with Crippen LogP contribution in [0.4, 0.5) is 5.69 Å². The number of benzene rings is 2. The molecule has 0 saturated carbocycles. The highest BCUT2D eigenvalue weighted by Crippen LogP contribution is 2.26. The molecule has 0 bridgehead atoms. The van der Waals surface area contributed by atoms with Crippen molar-refractivity contribution >= 4 is 44.9 Å². The summed E-state index contributed by atoms with van der Waals surface area (Å²) in [4.78, 5) is 12.3. The van der Waals surface area contributed by atoms with Crippen LogP contribution in [0.3, 0.4) is 0 Å². The molecule has 7 heteroatoms. The fourth-order valence-electron chi connectivity index (χ4n) is 1.98. The van der Waals surface area contributed by atoms with E-state index in [1.165, 1.54) is 0 Å². The van der Waals surface area contributed by atoms with Gasteiger partial charge in [-0.3, -0.25) is 10.1 Å². The number of amides is 1. The molecule has 0 spiro atoms. The zero-order valence-corrected chi connectivity index (χ0v) is 16.4. The van der Waals surface area contributed by atoms with Crippen LogP contribution in [-0.2, 0) is 0 Å². The van der Waals surface area contributed by atoms with Crippen LogP contribution in [0.2, 0.25) is 0 Å². The lowest BCUT2D eigenvalue weighted by atomic mass is 10.2. The number of nitrogens with one attached hydrogen (secondary N) is 2. The van der Waals surface area contributed by atoms with E-state index in [0.717, 1.165) is 22.3 Å². The van der Waals surface area contributed by atoms with Gasteiger partial charge in [-0.15, -0.1) is 0 Å². The van der Waals surface area contributed by atoms with Gasteiger partial charge in [-0.25, -0.2) is 0 Å². The quantitative estimate of drug-likeness (QED) is 0.676. The minimum atomic E-state index is -0.297. The molecule has 0 atom stereocenters. The summed E-state index contributed by atoms with van der Waals surface area (Å²) in [6.07, 6.45) is 0.917. The van der Waals surface area contributed by atoms with Gasteiger partial charge in [0.05, 0.1) is 18.2 Å². The number of halogens is 1. The van der Waals surface area contributed by atoms with E-state index in [2.05, 4.69) is 26.6 Å². The lowest BCUT2D eigenvalue weighted by Crippen LogP contribution is -2.34. The second kappa shape index (κ2) is 9.39. The van der Waals surface area contributed by atoms with Crippen molar-refractivity contribution in [3.05, 3.63) is 52.5 Å². The molecule has 2 aromatic rings. The minimum absolute atomic E-state index is 0.220. The van der Waals surface area contributed by atoms with Gasteiger partial charge < -0.3 is 14.8 Å². The smallest absolute Gasteiger partial charge is 0.257 e. The zero-order valence-electron chi connectivity index (χ0n) is 14.0. The third-order valence-electron chi connectivity index (χ3n) is 3.23. The molecule has 132 valence electrons. The standard InChI is InChI=1S/C18H19BrN2O3S/c1-3-10-24-16-9-4-12(11-15(16)19)17(22)21-18(25)20-13-5-7-14(23-2)8-6-13/h4-9,11H,3,10H2,1-2H3,(H2,20,21,22,25). The maximum absolute atomic E-state index is 12.3. The number of rotatable bonds is 6. The third-order valence-corrected chi connectivity index (χ3v) is 4.05. The van der Waals surface area contributed by atoms with Crippen LogP contribution in [0.5, 0.6) is 11.5 Å². The van der Waals surface area contributed by atoms with E-state index in [1.54, 1.807) is 37.4 Å². The number of thiocarbonyl (C=S) groups is 1. The highest BCUT2D eigenvalue weighted by Gasteiger charge is 2.11. The summed E-state index contributed by atoms with van der Waals surface area (Å²) in [6, 6.07) is 12.4. The van der Waals surface area contributed by atoms with E-state index in [9.17, 15) is 4.79 Å². The van der Waals surface area contributed by atoms with E-state index in [4.69, 9.17) is 21.7 Å². The summed E-state index contributed by atoms with van der Waals surface area (Å²) in [5.41, 5.74) is 1.24. The normalized spacial score (nSPS) is 10.0. The van der Waals surface area contributed by atoms with Crippen LogP contribution < -0.4 is 20.1 Å². The van der Waals surface area contributed by atoms with Crippen LogP contribution in [0.15, 0.2) is 46.9 Å². The molecule has 0 unspecified atom stereocenters. The Balaban J connectivity index is 1.96. The van der Waals surface area contributed by atoms with E-state index in [-0.39, 0.29) is 11.0 Å². The molecular weight excluding hydrogens is 404 g/mol. The molecule has 25 heavy (non-hydrogen) atoms. The Bertz CT molecular complexity index is 750. The minimum Gasteiger partial charge on any atom is -0.497 e. The molecule has 0 aromatic heterocycles. The molecule has 2 N–H and O–H groups in total.